The van der Waals surface area contributed by atoms with Gasteiger partial charge in [-0.2, -0.15) is 0 Å². The van der Waals surface area contributed by atoms with Crippen LogP contribution in [0.1, 0.15) is 36.3 Å². The molecular formula is C14H22N2O3. The average molecular weight is 266 g/mol. The SMILES string of the molecule is Cc1noc(C)c1CCCNC(=O)C[C@H]1CCOC1. The quantitative estimate of drug-likeness (QED) is 0.797. The van der Waals surface area contributed by atoms with E-state index in [4.69, 9.17) is 9.26 Å². The molecule has 1 aliphatic rings. The number of carbonyl (C=O) groups excluding carboxylic acids is 1. The van der Waals surface area contributed by atoms with Gasteiger partial charge in [0.15, 0.2) is 0 Å². The number of aromatic nitrogens is 1. The molecule has 0 unspecified atom stereocenters. The Labute approximate surface area is 113 Å². The molecule has 5 heteroatoms. The van der Waals surface area contributed by atoms with Gasteiger partial charge in [-0.25, -0.2) is 0 Å². The van der Waals surface area contributed by atoms with E-state index in [1.54, 1.807) is 0 Å². The topological polar surface area (TPSA) is 64.4 Å². The number of nitrogens with zero attached hydrogens (tertiary/aromatic N) is 1. The highest BCUT2D eigenvalue weighted by Crippen LogP contribution is 2.16. The first kappa shape index (κ1) is 14.1. The van der Waals surface area contributed by atoms with Gasteiger partial charge in [-0.05, 0) is 39.0 Å². The van der Waals surface area contributed by atoms with Crippen molar-refractivity contribution in [3.63, 3.8) is 0 Å². The van der Waals surface area contributed by atoms with E-state index in [2.05, 4.69) is 10.5 Å². The van der Waals surface area contributed by atoms with E-state index in [1.807, 2.05) is 13.8 Å². The van der Waals surface area contributed by atoms with E-state index in [9.17, 15) is 4.79 Å². The van der Waals surface area contributed by atoms with E-state index in [0.717, 1.165) is 43.9 Å². The van der Waals surface area contributed by atoms with E-state index >= 15 is 0 Å². The van der Waals surface area contributed by atoms with Gasteiger partial charge in [-0.3, -0.25) is 4.79 Å². The molecule has 2 rings (SSSR count). The number of hydrogen-bond acceptors (Lipinski definition) is 4. The molecule has 19 heavy (non-hydrogen) atoms. The predicted molar refractivity (Wildman–Crippen MR) is 70.9 cm³/mol. The van der Waals surface area contributed by atoms with Crippen molar-refractivity contribution in [3.05, 3.63) is 17.0 Å². The maximum absolute atomic E-state index is 11.7. The first-order valence-corrected chi connectivity index (χ1v) is 6.93. The van der Waals surface area contributed by atoms with Crippen LogP contribution in [-0.4, -0.2) is 30.8 Å². The van der Waals surface area contributed by atoms with Crippen LogP contribution in [0.2, 0.25) is 0 Å². The highest BCUT2D eigenvalue weighted by molar-refractivity contribution is 5.76. The average Bonchev–Trinajstić information content (AvgIpc) is 2.98. The number of aryl methyl sites for hydroxylation is 2. The second-order valence-corrected chi connectivity index (χ2v) is 5.19. The Morgan fingerprint density at radius 3 is 2.95 bits per heavy atom. The van der Waals surface area contributed by atoms with E-state index in [0.29, 0.717) is 18.9 Å². The molecule has 1 amide bonds. The summed E-state index contributed by atoms with van der Waals surface area (Å²) < 4.78 is 10.4. The molecule has 1 atom stereocenters. The number of carbonyl (C=O) groups is 1. The monoisotopic (exact) mass is 266 g/mol. The van der Waals surface area contributed by atoms with Crippen LogP contribution in [0.5, 0.6) is 0 Å². The highest BCUT2D eigenvalue weighted by Gasteiger charge is 2.18. The van der Waals surface area contributed by atoms with Crippen molar-refractivity contribution in [1.29, 1.82) is 0 Å². The lowest BCUT2D eigenvalue weighted by molar-refractivity contribution is -0.122. The zero-order chi connectivity index (χ0) is 13.7. The number of amides is 1. The first-order chi connectivity index (χ1) is 9.16. The lowest BCUT2D eigenvalue weighted by Crippen LogP contribution is -2.27. The van der Waals surface area contributed by atoms with E-state index in [-0.39, 0.29) is 5.91 Å². The van der Waals surface area contributed by atoms with Crippen molar-refractivity contribution in [2.24, 2.45) is 5.92 Å². The van der Waals surface area contributed by atoms with Crippen LogP contribution in [0, 0.1) is 19.8 Å². The zero-order valence-corrected chi connectivity index (χ0v) is 11.7. The molecule has 1 aliphatic heterocycles. The largest absolute Gasteiger partial charge is 0.381 e. The maximum Gasteiger partial charge on any atom is 0.220 e. The molecule has 0 aliphatic carbocycles. The summed E-state index contributed by atoms with van der Waals surface area (Å²) in [7, 11) is 0. The Morgan fingerprint density at radius 1 is 1.47 bits per heavy atom. The molecule has 1 aromatic rings. The van der Waals surface area contributed by atoms with Gasteiger partial charge in [0.25, 0.3) is 0 Å². The molecule has 0 saturated carbocycles. The molecule has 5 nitrogen and oxygen atoms in total. The van der Waals surface area contributed by atoms with Crippen LogP contribution >= 0.6 is 0 Å². The van der Waals surface area contributed by atoms with Crippen molar-refractivity contribution in [2.45, 2.75) is 39.5 Å². The summed E-state index contributed by atoms with van der Waals surface area (Å²) in [6.07, 6.45) is 3.40. The highest BCUT2D eigenvalue weighted by atomic mass is 16.5. The van der Waals surface area contributed by atoms with Crippen molar-refractivity contribution in [1.82, 2.24) is 10.5 Å². The Morgan fingerprint density at radius 2 is 2.32 bits per heavy atom. The summed E-state index contributed by atoms with van der Waals surface area (Å²) in [5.74, 6) is 1.42. The third-order valence-electron chi connectivity index (χ3n) is 3.60. The fraction of sp³-hybridized carbons (Fsp3) is 0.714. The number of ether oxygens (including phenoxy) is 1. The van der Waals surface area contributed by atoms with Gasteiger partial charge in [0, 0.05) is 31.7 Å². The lowest BCUT2D eigenvalue weighted by Gasteiger charge is -2.08. The molecule has 0 spiro atoms. The summed E-state index contributed by atoms with van der Waals surface area (Å²) in [5, 5.41) is 6.89. The molecule has 1 fully saturated rings. The third-order valence-corrected chi connectivity index (χ3v) is 3.60. The van der Waals surface area contributed by atoms with Crippen molar-refractivity contribution >= 4 is 5.91 Å². The van der Waals surface area contributed by atoms with Gasteiger partial charge in [0.05, 0.1) is 5.69 Å². The van der Waals surface area contributed by atoms with Crippen LogP contribution < -0.4 is 5.32 Å². The van der Waals surface area contributed by atoms with Crippen LogP contribution in [0.4, 0.5) is 0 Å². The molecule has 1 saturated heterocycles. The molecule has 2 heterocycles. The summed E-state index contributed by atoms with van der Waals surface area (Å²) in [6, 6.07) is 0. The second kappa shape index (κ2) is 6.70. The normalized spacial score (nSPS) is 18.7. The standard InChI is InChI=1S/C14H22N2O3/c1-10-13(11(2)19-16-10)4-3-6-15-14(17)8-12-5-7-18-9-12/h12H,3-9H2,1-2H3,(H,15,17)/t12-/m1/s1. The summed E-state index contributed by atoms with van der Waals surface area (Å²) in [6.45, 7) is 6.10. The van der Waals surface area contributed by atoms with Gasteiger partial charge >= 0.3 is 0 Å². The van der Waals surface area contributed by atoms with E-state index in [1.165, 1.54) is 5.56 Å². The van der Waals surface area contributed by atoms with Crippen molar-refractivity contribution in [3.8, 4) is 0 Å². The molecule has 0 aromatic carbocycles. The Kier molecular flexibility index (Phi) is 4.96. The predicted octanol–water partition coefficient (Wildman–Crippen LogP) is 1.77. The minimum atomic E-state index is 0.134. The smallest absolute Gasteiger partial charge is 0.220 e. The zero-order valence-electron chi connectivity index (χ0n) is 11.7. The maximum atomic E-state index is 11.7. The lowest BCUT2D eigenvalue weighted by atomic mass is 10.0. The summed E-state index contributed by atoms with van der Waals surface area (Å²) in [4.78, 5) is 11.7. The fourth-order valence-electron chi connectivity index (χ4n) is 2.43. The van der Waals surface area contributed by atoms with Crippen LogP contribution in [0.3, 0.4) is 0 Å². The Hall–Kier alpha value is -1.36. The number of hydrogen-bond donors (Lipinski definition) is 1. The molecule has 106 valence electrons. The van der Waals surface area contributed by atoms with Crippen LogP contribution in [0.25, 0.3) is 0 Å². The van der Waals surface area contributed by atoms with Gasteiger partial charge in [0.1, 0.15) is 5.76 Å². The number of nitrogens with one attached hydrogen (secondary N) is 1. The first-order valence-electron chi connectivity index (χ1n) is 6.93. The minimum absolute atomic E-state index is 0.134. The molecular weight excluding hydrogens is 244 g/mol. The summed E-state index contributed by atoms with van der Waals surface area (Å²) in [5.41, 5.74) is 2.12. The fourth-order valence-corrected chi connectivity index (χ4v) is 2.43. The summed E-state index contributed by atoms with van der Waals surface area (Å²) >= 11 is 0. The van der Waals surface area contributed by atoms with Crippen molar-refractivity contribution in [2.75, 3.05) is 19.8 Å². The van der Waals surface area contributed by atoms with Crippen LogP contribution in [0.15, 0.2) is 4.52 Å². The molecule has 0 radical (unpaired) electrons. The Bertz CT molecular complexity index is 403. The molecule has 1 aromatic heterocycles. The number of rotatable bonds is 6. The van der Waals surface area contributed by atoms with E-state index < -0.39 is 0 Å². The van der Waals surface area contributed by atoms with Gasteiger partial charge < -0.3 is 14.6 Å². The Balaban J connectivity index is 1.62. The van der Waals surface area contributed by atoms with Gasteiger partial charge in [-0.1, -0.05) is 5.16 Å². The van der Waals surface area contributed by atoms with Crippen molar-refractivity contribution < 1.29 is 14.1 Å². The molecule has 0 bridgehead atoms. The minimum Gasteiger partial charge on any atom is -0.381 e. The second-order valence-electron chi connectivity index (χ2n) is 5.19. The molecule has 1 N–H and O–H groups in total. The van der Waals surface area contributed by atoms with Crippen LogP contribution in [-0.2, 0) is 16.0 Å². The van der Waals surface area contributed by atoms with Gasteiger partial charge in [0.2, 0.25) is 5.91 Å². The third kappa shape index (κ3) is 4.06. The van der Waals surface area contributed by atoms with Gasteiger partial charge in [-0.15, -0.1) is 0 Å².